The largest absolute Gasteiger partial charge is 0.327 e. The van der Waals surface area contributed by atoms with Gasteiger partial charge >= 0.3 is 6.03 Å². The number of rotatable bonds is 6. The van der Waals surface area contributed by atoms with Gasteiger partial charge in [-0.1, -0.05) is 24.3 Å². The highest BCUT2D eigenvalue weighted by Gasteiger charge is 2.47. The lowest BCUT2D eigenvalue weighted by Crippen LogP contribution is -2.63. The van der Waals surface area contributed by atoms with Crippen LogP contribution in [0, 0.1) is 6.92 Å². The molecule has 4 rings (SSSR count). The van der Waals surface area contributed by atoms with Gasteiger partial charge in [0.15, 0.2) is 0 Å². The van der Waals surface area contributed by atoms with Gasteiger partial charge in [0.1, 0.15) is 11.8 Å². The number of hydrogen-bond donors (Lipinski definition) is 1. The van der Waals surface area contributed by atoms with E-state index in [1.54, 1.807) is 11.3 Å². The van der Waals surface area contributed by atoms with Gasteiger partial charge in [-0.3, -0.25) is 14.5 Å². The predicted molar refractivity (Wildman–Crippen MR) is 116 cm³/mol. The van der Waals surface area contributed by atoms with Crippen LogP contribution in [0.2, 0.25) is 0 Å². The second-order valence-electron chi connectivity index (χ2n) is 7.02. The minimum absolute atomic E-state index is 0.0956. The number of hydrogen-bond acceptors (Lipinski definition) is 5. The molecule has 2 atom stereocenters. The SMILES string of the molecule is Cc1cccc(NC(=O)CN2C(=O)N(CCc3cccs3)C(=O)C3SC=CC32)c1. The third kappa shape index (κ3) is 4.23. The molecule has 2 aliphatic rings. The molecule has 4 amide bonds. The van der Waals surface area contributed by atoms with Gasteiger partial charge < -0.3 is 10.2 Å². The third-order valence-electron chi connectivity index (χ3n) is 4.93. The average molecular weight is 428 g/mol. The molecule has 0 aliphatic carbocycles. The molecule has 2 aromatic rings. The first-order chi connectivity index (χ1) is 14.0. The summed E-state index contributed by atoms with van der Waals surface area (Å²) in [4.78, 5) is 42.5. The smallest absolute Gasteiger partial charge is 0.325 e. The Balaban J connectivity index is 1.48. The van der Waals surface area contributed by atoms with Crippen LogP contribution in [0.4, 0.5) is 10.5 Å². The van der Waals surface area contributed by atoms with Crippen molar-refractivity contribution in [1.82, 2.24) is 9.80 Å². The van der Waals surface area contributed by atoms with Crippen molar-refractivity contribution in [3.05, 3.63) is 63.7 Å². The Morgan fingerprint density at radius 1 is 1.21 bits per heavy atom. The van der Waals surface area contributed by atoms with E-state index in [2.05, 4.69) is 5.32 Å². The number of imide groups is 1. The standard InChI is InChI=1S/C21H21N3O3S2/c1-14-4-2-5-15(12-14)22-18(25)13-24-17-8-11-29-19(17)20(26)23(21(24)27)9-7-16-6-3-10-28-16/h2-6,8,10-12,17,19H,7,9,13H2,1H3,(H,22,25). The van der Waals surface area contributed by atoms with Gasteiger partial charge in [0.25, 0.3) is 0 Å². The number of benzene rings is 1. The number of anilines is 1. The first-order valence-corrected chi connectivity index (χ1v) is 11.2. The molecule has 0 bridgehead atoms. The molecule has 1 fully saturated rings. The van der Waals surface area contributed by atoms with Crippen LogP contribution in [0.1, 0.15) is 10.4 Å². The van der Waals surface area contributed by atoms with Crippen LogP contribution < -0.4 is 5.32 Å². The predicted octanol–water partition coefficient (Wildman–Crippen LogP) is 3.50. The molecular formula is C21H21N3O3S2. The van der Waals surface area contributed by atoms with Crippen molar-refractivity contribution in [3.63, 3.8) is 0 Å². The summed E-state index contributed by atoms with van der Waals surface area (Å²) in [7, 11) is 0. The van der Waals surface area contributed by atoms with E-state index >= 15 is 0 Å². The fraction of sp³-hybridized carbons (Fsp3) is 0.286. The summed E-state index contributed by atoms with van der Waals surface area (Å²) in [5.41, 5.74) is 1.73. The van der Waals surface area contributed by atoms with Gasteiger partial charge in [0.05, 0.1) is 6.04 Å². The Hall–Kier alpha value is -2.58. The molecule has 29 heavy (non-hydrogen) atoms. The Bertz CT molecular complexity index is 958. The van der Waals surface area contributed by atoms with Gasteiger partial charge in [-0.15, -0.1) is 23.1 Å². The number of urea groups is 1. The molecular weight excluding hydrogens is 406 g/mol. The zero-order valence-electron chi connectivity index (χ0n) is 15.9. The second-order valence-corrected chi connectivity index (χ2v) is 9.11. The second kappa shape index (κ2) is 8.42. The van der Waals surface area contributed by atoms with E-state index in [1.165, 1.54) is 21.6 Å². The Morgan fingerprint density at radius 3 is 2.83 bits per heavy atom. The fourth-order valence-corrected chi connectivity index (χ4v) is 5.29. The van der Waals surface area contributed by atoms with E-state index < -0.39 is 6.03 Å². The van der Waals surface area contributed by atoms with Crippen LogP contribution in [0.3, 0.4) is 0 Å². The van der Waals surface area contributed by atoms with Gasteiger partial charge in [0.2, 0.25) is 11.8 Å². The van der Waals surface area contributed by atoms with Crippen LogP contribution in [-0.4, -0.2) is 52.0 Å². The number of carbonyl (C=O) groups is 3. The van der Waals surface area contributed by atoms with E-state index in [4.69, 9.17) is 0 Å². The van der Waals surface area contributed by atoms with Crippen molar-refractivity contribution in [2.45, 2.75) is 24.6 Å². The first-order valence-electron chi connectivity index (χ1n) is 9.36. The highest BCUT2D eigenvalue weighted by atomic mass is 32.2. The molecule has 6 nitrogen and oxygen atoms in total. The van der Waals surface area contributed by atoms with Gasteiger partial charge in [0, 0.05) is 17.1 Å². The van der Waals surface area contributed by atoms with Crippen LogP contribution in [0.25, 0.3) is 0 Å². The van der Waals surface area contributed by atoms with Crippen molar-refractivity contribution in [3.8, 4) is 0 Å². The normalized spacial score (nSPS) is 20.9. The van der Waals surface area contributed by atoms with E-state index in [1.807, 2.05) is 60.2 Å². The zero-order valence-corrected chi connectivity index (χ0v) is 17.5. The summed E-state index contributed by atoms with van der Waals surface area (Å²) in [6.07, 6.45) is 2.45. The van der Waals surface area contributed by atoms with Crippen molar-refractivity contribution >= 4 is 46.6 Å². The Kier molecular flexibility index (Phi) is 5.73. The summed E-state index contributed by atoms with van der Waals surface area (Å²) >= 11 is 3.01. The number of nitrogens with zero attached hydrogens (tertiary/aromatic N) is 2. The fourth-order valence-electron chi connectivity index (χ4n) is 3.53. The molecule has 150 valence electrons. The zero-order chi connectivity index (χ0) is 20.4. The molecule has 1 saturated heterocycles. The number of amides is 4. The molecule has 3 heterocycles. The maximum atomic E-state index is 13.1. The lowest BCUT2D eigenvalue weighted by molar-refractivity contribution is -0.132. The van der Waals surface area contributed by atoms with Gasteiger partial charge in [-0.05, 0) is 47.9 Å². The molecule has 0 spiro atoms. The van der Waals surface area contributed by atoms with E-state index in [0.717, 1.165) is 10.4 Å². The number of nitrogens with one attached hydrogen (secondary N) is 1. The molecule has 8 heteroatoms. The summed E-state index contributed by atoms with van der Waals surface area (Å²) in [6.45, 7) is 2.17. The molecule has 1 aromatic heterocycles. The average Bonchev–Trinajstić information content (AvgIpc) is 3.37. The topological polar surface area (TPSA) is 69.7 Å². The first kappa shape index (κ1) is 19.7. The van der Waals surface area contributed by atoms with Crippen LogP contribution in [-0.2, 0) is 16.0 Å². The quantitative estimate of drug-likeness (QED) is 0.766. The molecule has 0 radical (unpaired) electrons. The van der Waals surface area contributed by atoms with E-state index in [-0.39, 0.29) is 29.7 Å². The summed E-state index contributed by atoms with van der Waals surface area (Å²) < 4.78 is 0. The number of carbonyl (C=O) groups excluding carboxylic acids is 3. The molecule has 0 saturated carbocycles. The number of thiophene rings is 1. The maximum Gasteiger partial charge on any atom is 0.327 e. The minimum Gasteiger partial charge on any atom is -0.325 e. The van der Waals surface area contributed by atoms with Crippen molar-refractivity contribution < 1.29 is 14.4 Å². The minimum atomic E-state index is -0.403. The van der Waals surface area contributed by atoms with Crippen LogP contribution in [0.5, 0.6) is 0 Å². The van der Waals surface area contributed by atoms with E-state index in [0.29, 0.717) is 18.7 Å². The molecule has 1 aromatic carbocycles. The molecule has 2 unspecified atom stereocenters. The van der Waals surface area contributed by atoms with Crippen molar-refractivity contribution in [2.24, 2.45) is 0 Å². The third-order valence-corrected chi connectivity index (χ3v) is 6.96. The number of aryl methyl sites for hydroxylation is 1. The van der Waals surface area contributed by atoms with E-state index in [9.17, 15) is 14.4 Å². The maximum absolute atomic E-state index is 13.1. The Morgan fingerprint density at radius 2 is 2.07 bits per heavy atom. The molecule has 1 N–H and O–H groups in total. The molecule has 2 aliphatic heterocycles. The Labute approximate surface area is 177 Å². The monoisotopic (exact) mass is 427 g/mol. The van der Waals surface area contributed by atoms with Crippen LogP contribution >= 0.6 is 23.1 Å². The lowest BCUT2D eigenvalue weighted by atomic mass is 10.1. The number of fused-ring (bicyclic) bond motifs is 1. The van der Waals surface area contributed by atoms with Crippen molar-refractivity contribution in [2.75, 3.05) is 18.4 Å². The lowest BCUT2D eigenvalue weighted by Gasteiger charge is -2.40. The number of thioether (sulfide) groups is 1. The van der Waals surface area contributed by atoms with Crippen LogP contribution in [0.15, 0.2) is 53.3 Å². The van der Waals surface area contributed by atoms with Gasteiger partial charge in [-0.25, -0.2) is 4.79 Å². The van der Waals surface area contributed by atoms with Gasteiger partial charge in [-0.2, -0.15) is 0 Å². The van der Waals surface area contributed by atoms with Crippen molar-refractivity contribution in [1.29, 1.82) is 0 Å². The highest BCUT2D eigenvalue weighted by molar-refractivity contribution is 8.03. The summed E-state index contributed by atoms with van der Waals surface area (Å²) in [5, 5.41) is 6.28. The summed E-state index contributed by atoms with van der Waals surface area (Å²) in [6, 6.07) is 10.7. The highest BCUT2D eigenvalue weighted by Crippen LogP contribution is 2.34. The summed E-state index contributed by atoms with van der Waals surface area (Å²) in [5.74, 6) is -0.456.